The van der Waals surface area contributed by atoms with Crippen molar-refractivity contribution in [1.29, 1.82) is 0 Å². The minimum Gasteiger partial charge on any atom is -0.463 e. The number of ketones is 2. The summed E-state index contributed by atoms with van der Waals surface area (Å²) in [5, 5.41) is 0. The standard InChI is InChI=1S/C20H19NO6/c1-12(22)26-10-14-7-8-15(11-27-13(2)23)21(14)18-9-19(24)16-5-3-4-6-17(16)20(18)25/h3-9,14-15H,10-11H2,1-2H3/t14-,15+. The predicted molar refractivity (Wildman–Crippen MR) is 95.0 cm³/mol. The molecule has 1 heterocycles. The zero-order valence-corrected chi connectivity index (χ0v) is 15.0. The number of Topliss-reactive ketones (excluding diaryl/α,β-unsaturated/α-hetero) is 1. The van der Waals surface area contributed by atoms with Crippen molar-refractivity contribution in [1.82, 2.24) is 4.90 Å². The van der Waals surface area contributed by atoms with Gasteiger partial charge in [-0.2, -0.15) is 0 Å². The van der Waals surface area contributed by atoms with Crippen LogP contribution in [-0.4, -0.2) is 53.7 Å². The molecule has 0 fully saturated rings. The van der Waals surface area contributed by atoms with Crippen molar-refractivity contribution in [2.24, 2.45) is 0 Å². The third-order valence-corrected chi connectivity index (χ3v) is 4.40. The molecule has 7 nitrogen and oxygen atoms in total. The average Bonchev–Trinajstić information content (AvgIpc) is 3.04. The number of hydrogen-bond donors (Lipinski definition) is 0. The molecule has 140 valence electrons. The minimum atomic E-state index is -0.447. The van der Waals surface area contributed by atoms with Crippen LogP contribution in [0, 0.1) is 0 Å². The molecule has 0 N–H and O–H groups in total. The Hall–Kier alpha value is -3.22. The summed E-state index contributed by atoms with van der Waals surface area (Å²) < 4.78 is 10.2. The van der Waals surface area contributed by atoms with E-state index in [0.717, 1.165) is 0 Å². The first-order valence-corrected chi connectivity index (χ1v) is 8.51. The number of hydrogen-bond acceptors (Lipinski definition) is 7. The fourth-order valence-corrected chi connectivity index (χ4v) is 3.22. The average molecular weight is 369 g/mol. The second-order valence-corrected chi connectivity index (χ2v) is 6.30. The van der Waals surface area contributed by atoms with Gasteiger partial charge >= 0.3 is 11.9 Å². The van der Waals surface area contributed by atoms with Gasteiger partial charge in [-0.3, -0.25) is 19.2 Å². The topological polar surface area (TPSA) is 90.0 Å². The van der Waals surface area contributed by atoms with E-state index in [1.54, 1.807) is 41.3 Å². The van der Waals surface area contributed by atoms with Crippen LogP contribution in [0.25, 0.3) is 0 Å². The van der Waals surface area contributed by atoms with E-state index in [-0.39, 0.29) is 30.5 Å². The zero-order chi connectivity index (χ0) is 19.6. The van der Waals surface area contributed by atoms with Crippen LogP contribution in [0.1, 0.15) is 34.6 Å². The van der Waals surface area contributed by atoms with Gasteiger partial charge in [-0.15, -0.1) is 0 Å². The van der Waals surface area contributed by atoms with Gasteiger partial charge in [0.1, 0.15) is 13.2 Å². The molecule has 2 aliphatic rings. The number of benzene rings is 1. The normalized spacial score (nSPS) is 21.0. The van der Waals surface area contributed by atoms with E-state index in [1.807, 2.05) is 0 Å². The fraction of sp³-hybridized carbons (Fsp3) is 0.300. The highest BCUT2D eigenvalue weighted by atomic mass is 16.5. The van der Waals surface area contributed by atoms with E-state index >= 15 is 0 Å². The van der Waals surface area contributed by atoms with Gasteiger partial charge in [0.15, 0.2) is 5.78 Å². The summed E-state index contributed by atoms with van der Waals surface area (Å²) in [6, 6.07) is 5.73. The lowest BCUT2D eigenvalue weighted by Gasteiger charge is -2.34. The summed E-state index contributed by atoms with van der Waals surface area (Å²) in [6.07, 6.45) is 4.84. The largest absolute Gasteiger partial charge is 0.463 e. The number of allylic oxidation sites excluding steroid dienone is 2. The van der Waals surface area contributed by atoms with E-state index in [2.05, 4.69) is 0 Å². The lowest BCUT2D eigenvalue weighted by Crippen LogP contribution is -2.44. The van der Waals surface area contributed by atoms with Gasteiger partial charge in [-0.05, 0) is 0 Å². The first-order chi connectivity index (χ1) is 12.9. The maximum absolute atomic E-state index is 13.0. The van der Waals surface area contributed by atoms with Crippen LogP contribution in [-0.2, 0) is 19.1 Å². The van der Waals surface area contributed by atoms with E-state index in [9.17, 15) is 19.2 Å². The molecule has 1 aliphatic heterocycles. The summed E-state index contributed by atoms with van der Waals surface area (Å²) in [5.41, 5.74) is 0.869. The molecular formula is C20H19NO6. The predicted octanol–water partition coefficient (Wildman–Crippen LogP) is 1.68. The Labute approximate surface area is 156 Å². The lowest BCUT2D eigenvalue weighted by atomic mass is 9.91. The molecular weight excluding hydrogens is 350 g/mol. The van der Waals surface area contributed by atoms with Gasteiger partial charge in [0.2, 0.25) is 5.78 Å². The Morgan fingerprint density at radius 3 is 1.96 bits per heavy atom. The summed E-state index contributed by atoms with van der Waals surface area (Å²) in [6.45, 7) is 2.63. The molecule has 0 radical (unpaired) electrons. The molecule has 2 atom stereocenters. The Balaban J connectivity index is 1.93. The highest BCUT2D eigenvalue weighted by Crippen LogP contribution is 2.30. The number of esters is 2. The Morgan fingerprint density at radius 2 is 1.44 bits per heavy atom. The van der Waals surface area contributed by atoms with Crippen LogP contribution in [0.2, 0.25) is 0 Å². The first-order valence-electron chi connectivity index (χ1n) is 8.51. The second kappa shape index (κ2) is 7.57. The summed E-state index contributed by atoms with van der Waals surface area (Å²) in [5.74, 6) is -1.46. The highest BCUT2D eigenvalue weighted by Gasteiger charge is 2.37. The Kier molecular flexibility index (Phi) is 5.21. The van der Waals surface area contributed by atoms with E-state index in [1.165, 1.54) is 19.9 Å². The maximum atomic E-state index is 13.0. The summed E-state index contributed by atoms with van der Waals surface area (Å²) in [4.78, 5) is 49.6. The van der Waals surface area contributed by atoms with Crippen LogP contribution in [0.15, 0.2) is 48.2 Å². The van der Waals surface area contributed by atoms with Gasteiger partial charge in [-0.1, -0.05) is 36.4 Å². The van der Waals surface area contributed by atoms with E-state index in [4.69, 9.17) is 9.47 Å². The van der Waals surface area contributed by atoms with Crippen LogP contribution in [0.5, 0.6) is 0 Å². The van der Waals surface area contributed by atoms with Crippen molar-refractivity contribution in [3.63, 3.8) is 0 Å². The van der Waals surface area contributed by atoms with Crippen LogP contribution in [0.4, 0.5) is 0 Å². The van der Waals surface area contributed by atoms with Crippen LogP contribution in [0.3, 0.4) is 0 Å². The SMILES string of the molecule is CC(=O)OC[C@H]1C=C[C@@H](COC(C)=O)N1C1=CC(=O)c2ccccc2C1=O. The van der Waals surface area contributed by atoms with Crippen molar-refractivity contribution >= 4 is 23.5 Å². The molecule has 1 aromatic carbocycles. The molecule has 0 bridgehead atoms. The van der Waals surface area contributed by atoms with Crippen molar-refractivity contribution in [3.8, 4) is 0 Å². The van der Waals surface area contributed by atoms with Crippen LogP contribution >= 0.6 is 0 Å². The Bertz CT molecular complexity index is 841. The smallest absolute Gasteiger partial charge is 0.302 e. The van der Waals surface area contributed by atoms with Gasteiger partial charge in [0.25, 0.3) is 0 Å². The fourth-order valence-electron chi connectivity index (χ4n) is 3.22. The van der Waals surface area contributed by atoms with Crippen LogP contribution < -0.4 is 0 Å². The quantitative estimate of drug-likeness (QED) is 0.576. The third kappa shape index (κ3) is 3.81. The molecule has 0 unspecified atom stereocenters. The molecule has 1 aromatic rings. The third-order valence-electron chi connectivity index (χ3n) is 4.40. The molecule has 27 heavy (non-hydrogen) atoms. The monoisotopic (exact) mass is 369 g/mol. The van der Waals surface area contributed by atoms with Crippen molar-refractivity contribution in [2.75, 3.05) is 13.2 Å². The first kappa shape index (κ1) is 18.6. The number of carbonyl (C=O) groups is 4. The molecule has 3 rings (SSSR count). The van der Waals surface area contributed by atoms with Gasteiger partial charge < -0.3 is 14.4 Å². The minimum absolute atomic E-state index is 0.0167. The van der Waals surface area contributed by atoms with Crippen molar-refractivity contribution in [2.45, 2.75) is 25.9 Å². The number of nitrogens with zero attached hydrogens (tertiary/aromatic N) is 1. The molecule has 1 aliphatic carbocycles. The zero-order valence-electron chi connectivity index (χ0n) is 15.0. The Morgan fingerprint density at radius 1 is 0.926 bits per heavy atom. The van der Waals surface area contributed by atoms with Crippen molar-refractivity contribution < 1.29 is 28.7 Å². The molecule has 0 saturated heterocycles. The number of rotatable bonds is 5. The van der Waals surface area contributed by atoms with E-state index < -0.39 is 24.0 Å². The number of carbonyl (C=O) groups excluding carboxylic acids is 4. The maximum Gasteiger partial charge on any atom is 0.302 e. The van der Waals surface area contributed by atoms with Crippen molar-refractivity contribution in [3.05, 3.63) is 59.3 Å². The summed E-state index contributed by atoms with van der Waals surface area (Å²) >= 11 is 0. The number of ether oxygens (including phenoxy) is 2. The van der Waals surface area contributed by atoms with Gasteiger partial charge in [0.05, 0.1) is 17.8 Å². The molecule has 0 spiro atoms. The van der Waals surface area contributed by atoms with Gasteiger partial charge in [-0.25, -0.2) is 0 Å². The molecule has 0 saturated carbocycles. The summed E-state index contributed by atoms with van der Waals surface area (Å²) in [7, 11) is 0. The lowest BCUT2D eigenvalue weighted by molar-refractivity contribution is -0.142. The highest BCUT2D eigenvalue weighted by molar-refractivity contribution is 6.24. The second-order valence-electron chi connectivity index (χ2n) is 6.30. The molecule has 7 heteroatoms. The molecule has 0 aromatic heterocycles. The van der Waals surface area contributed by atoms with Gasteiger partial charge in [0, 0.05) is 31.1 Å². The van der Waals surface area contributed by atoms with E-state index in [0.29, 0.717) is 11.1 Å². The molecule has 0 amide bonds. The number of fused-ring (bicyclic) bond motifs is 1.